The zero-order chi connectivity index (χ0) is 27.8. The van der Waals surface area contributed by atoms with Crippen molar-refractivity contribution < 1.29 is 14.5 Å². The molecule has 0 aliphatic rings. The highest BCUT2D eigenvalue weighted by Crippen LogP contribution is 2.27. The number of aryl methyl sites for hydroxylation is 1. The molecule has 10 heteroatoms. The van der Waals surface area contributed by atoms with Crippen LogP contribution in [0.2, 0.25) is 0 Å². The maximum atomic E-state index is 13.4. The molecule has 0 saturated carbocycles. The SMILES string of the molecule is CCCc1ccc(C(=O)/C(C#N)=c2/s/c(=C/c3ccc(N(C)C)c([N+](=O)[O-])c3)c(=O)n2CCCOC)cc1. The normalized spacial score (nSPS) is 12.2. The Morgan fingerprint density at radius 3 is 2.53 bits per heavy atom. The van der Waals surface area contributed by atoms with Gasteiger partial charge in [0.25, 0.3) is 11.2 Å². The van der Waals surface area contributed by atoms with Crippen molar-refractivity contribution in [3.8, 4) is 6.07 Å². The lowest BCUT2D eigenvalue weighted by Crippen LogP contribution is -2.33. The Morgan fingerprint density at radius 1 is 1.24 bits per heavy atom. The van der Waals surface area contributed by atoms with E-state index in [0.717, 1.165) is 29.7 Å². The topological polar surface area (TPSA) is 118 Å². The van der Waals surface area contributed by atoms with E-state index in [1.54, 1.807) is 56.4 Å². The summed E-state index contributed by atoms with van der Waals surface area (Å²) in [5.74, 6) is -0.463. The van der Waals surface area contributed by atoms with Crippen LogP contribution in [-0.4, -0.2) is 43.1 Å². The summed E-state index contributed by atoms with van der Waals surface area (Å²) in [7, 11) is 4.98. The lowest BCUT2D eigenvalue weighted by molar-refractivity contribution is -0.384. The van der Waals surface area contributed by atoms with E-state index in [4.69, 9.17) is 4.74 Å². The Labute approximate surface area is 224 Å². The number of thiazole rings is 1. The Bertz CT molecular complexity index is 1550. The molecule has 0 fully saturated rings. The molecule has 9 nitrogen and oxygen atoms in total. The molecular formula is C28H30N4O5S. The van der Waals surface area contributed by atoms with Gasteiger partial charge in [-0.25, -0.2) is 0 Å². The molecule has 0 amide bonds. The molecule has 0 unspecified atom stereocenters. The lowest BCUT2D eigenvalue weighted by Gasteiger charge is -2.12. The second-order valence-corrected chi connectivity index (χ2v) is 9.91. The summed E-state index contributed by atoms with van der Waals surface area (Å²) < 4.78 is 7.06. The minimum atomic E-state index is -0.471. The summed E-state index contributed by atoms with van der Waals surface area (Å²) in [6.45, 7) is 2.72. The van der Waals surface area contributed by atoms with Crippen molar-refractivity contribution >= 4 is 40.1 Å². The van der Waals surface area contributed by atoms with Crippen molar-refractivity contribution in [3.63, 3.8) is 0 Å². The van der Waals surface area contributed by atoms with Gasteiger partial charge >= 0.3 is 0 Å². The second-order valence-electron chi connectivity index (χ2n) is 8.88. The number of nitro groups is 1. The number of Topliss-reactive ketones (excluding diaryl/α,β-unsaturated/α-hetero) is 1. The van der Waals surface area contributed by atoms with Crippen LogP contribution in [0.25, 0.3) is 11.6 Å². The molecule has 0 bridgehead atoms. The maximum Gasteiger partial charge on any atom is 0.293 e. The van der Waals surface area contributed by atoms with Crippen LogP contribution < -0.4 is 19.7 Å². The molecule has 1 aromatic heterocycles. The van der Waals surface area contributed by atoms with E-state index in [1.165, 1.54) is 10.6 Å². The third-order valence-corrected chi connectivity index (χ3v) is 7.05. The van der Waals surface area contributed by atoms with Gasteiger partial charge in [-0.1, -0.05) is 43.7 Å². The fourth-order valence-corrected chi connectivity index (χ4v) is 5.16. The van der Waals surface area contributed by atoms with Crippen molar-refractivity contribution in [2.45, 2.75) is 32.7 Å². The van der Waals surface area contributed by atoms with Crippen LogP contribution in [0.5, 0.6) is 0 Å². The number of aromatic nitrogens is 1. The zero-order valence-electron chi connectivity index (χ0n) is 21.9. The Hall–Kier alpha value is -4.07. The smallest absolute Gasteiger partial charge is 0.293 e. The molecule has 1 heterocycles. The fraction of sp³-hybridized carbons (Fsp3) is 0.321. The Kier molecular flexibility index (Phi) is 9.71. The first-order valence-corrected chi connectivity index (χ1v) is 13.0. The fourth-order valence-electron chi connectivity index (χ4n) is 4.03. The number of nitriles is 1. The zero-order valence-corrected chi connectivity index (χ0v) is 22.7. The average molecular weight is 535 g/mol. The minimum absolute atomic E-state index is 0.0908. The van der Waals surface area contributed by atoms with E-state index in [9.17, 15) is 25.0 Å². The number of methoxy groups -OCH3 is 1. The standard InChI is InChI=1S/C28H30N4O5S/c1-5-7-19-8-11-21(12-9-19)26(33)22(18-29)28-31(14-6-15-37-4)27(34)25(38-28)17-20-10-13-23(30(2)3)24(16-20)32(35)36/h8-13,16-17H,5-7,14-15H2,1-4H3/b25-17+,28-22+. The molecule has 0 aliphatic heterocycles. The predicted octanol–water partition coefficient (Wildman–Crippen LogP) is 3.26. The molecule has 0 spiro atoms. The van der Waals surface area contributed by atoms with Gasteiger partial charge in [-0.3, -0.25) is 24.3 Å². The van der Waals surface area contributed by atoms with Gasteiger partial charge in [0.1, 0.15) is 22.0 Å². The van der Waals surface area contributed by atoms with E-state index in [2.05, 4.69) is 6.92 Å². The van der Waals surface area contributed by atoms with Gasteiger partial charge in [-0.2, -0.15) is 5.26 Å². The van der Waals surface area contributed by atoms with Crippen LogP contribution >= 0.6 is 11.3 Å². The monoisotopic (exact) mass is 534 g/mol. The number of ketones is 1. The first kappa shape index (κ1) is 28.5. The van der Waals surface area contributed by atoms with Gasteiger partial charge in [0.15, 0.2) is 0 Å². The summed E-state index contributed by atoms with van der Waals surface area (Å²) in [5.41, 5.74) is 1.78. The van der Waals surface area contributed by atoms with Crippen LogP contribution in [0.1, 0.15) is 41.3 Å². The number of anilines is 1. The Morgan fingerprint density at radius 2 is 1.95 bits per heavy atom. The van der Waals surface area contributed by atoms with Gasteiger partial charge in [0, 0.05) is 46.0 Å². The first-order chi connectivity index (χ1) is 18.2. The number of hydrogen-bond acceptors (Lipinski definition) is 8. The van der Waals surface area contributed by atoms with Crippen molar-refractivity contribution in [2.75, 3.05) is 32.7 Å². The highest BCUT2D eigenvalue weighted by Gasteiger charge is 2.19. The number of ether oxygens (including phenoxy) is 1. The molecule has 2 aromatic carbocycles. The molecule has 3 rings (SSSR count). The summed E-state index contributed by atoms with van der Waals surface area (Å²) in [4.78, 5) is 39.5. The highest BCUT2D eigenvalue weighted by atomic mass is 32.1. The molecule has 0 radical (unpaired) electrons. The highest BCUT2D eigenvalue weighted by molar-refractivity contribution is 7.07. The van der Waals surface area contributed by atoms with Crippen LogP contribution in [0, 0.1) is 21.4 Å². The van der Waals surface area contributed by atoms with Crippen molar-refractivity contribution in [3.05, 3.63) is 88.8 Å². The second kappa shape index (κ2) is 12.9. The van der Waals surface area contributed by atoms with Gasteiger partial charge < -0.3 is 9.64 Å². The van der Waals surface area contributed by atoms with E-state index in [-0.39, 0.29) is 32.6 Å². The lowest BCUT2D eigenvalue weighted by atomic mass is 10.0. The summed E-state index contributed by atoms with van der Waals surface area (Å²) >= 11 is 1.02. The molecule has 0 N–H and O–H groups in total. The number of nitro benzene ring substituents is 1. The van der Waals surface area contributed by atoms with Crippen LogP contribution in [0.3, 0.4) is 0 Å². The van der Waals surface area contributed by atoms with Gasteiger partial charge in [-0.15, -0.1) is 11.3 Å². The van der Waals surface area contributed by atoms with Crippen molar-refractivity contribution in [2.24, 2.45) is 0 Å². The number of benzene rings is 2. The molecule has 198 valence electrons. The molecule has 38 heavy (non-hydrogen) atoms. The maximum absolute atomic E-state index is 13.4. The number of carbonyl (C=O) groups is 1. The average Bonchev–Trinajstić information content (AvgIpc) is 3.19. The van der Waals surface area contributed by atoms with Gasteiger partial charge in [0.05, 0.1) is 9.46 Å². The van der Waals surface area contributed by atoms with Crippen molar-refractivity contribution in [1.82, 2.24) is 4.57 Å². The van der Waals surface area contributed by atoms with E-state index < -0.39 is 10.7 Å². The van der Waals surface area contributed by atoms with Crippen LogP contribution in [-0.2, 0) is 17.7 Å². The number of nitrogens with zero attached hydrogens (tertiary/aromatic N) is 4. The molecule has 0 atom stereocenters. The van der Waals surface area contributed by atoms with Crippen molar-refractivity contribution in [1.29, 1.82) is 5.26 Å². The summed E-state index contributed by atoms with van der Waals surface area (Å²) in [6, 6.07) is 13.9. The van der Waals surface area contributed by atoms with Gasteiger partial charge in [0.2, 0.25) is 5.78 Å². The molecule has 3 aromatic rings. The molecule has 0 saturated heterocycles. The number of rotatable bonds is 11. The Balaban J connectivity index is 2.21. The summed E-state index contributed by atoms with van der Waals surface area (Å²) in [6.07, 6.45) is 3.92. The molecule has 0 aliphatic carbocycles. The largest absolute Gasteiger partial charge is 0.385 e. The first-order valence-electron chi connectivity index (χ1n) is 12.2. The number of hydrogen-bond donors (Lipinski definition) is 0. The quantitative estimate of drug-likeness (QED) is 0.160. The molecular weight excluding hydrogens is 504 g/mol. The summed E-state index contributed by atoms with van der Waals surface area (Å²) in [5, 5.41) is 21.6. The van der Waals surface area contributed by atoms with E-state index >= 15 is 0 Å². The van der Waals surface area contributed by atoms with E-state index in [0.29, 0.717) is 29.8 Å². The van der Waals surface area contributed by atoms with Crippen LogP contribution in [0.15, 0.2) is 47.3 Å². The minimum Gasteiger partial charge on any atom is -0.385 e. The van der Waals surface area contributed by atoms with Crippen LogP contribution in [0.4, 0.5) is 11.4 Å². The van der Waals surface area contributed by atoms with E-state index in [1.807, 2.05) is 18.2 Å². The number of carbonyl (C=O) groups excluding carboxylic acids is 1. The predicted molar refractivity (Wildman–Crippen MR) is 149 cm³/mol. The third-order valence-electron chi connectivity index (χ3n) is 5.92. The third kappa shape index (κ3) is 6.43. The van der Waals surface area contributed by atoms with Gasteiger partial charge in [-0.05, 0) is 36.1 Å².